The number of rotatable bonds is 11. The van der Waals surface area contributed by atoms with Gasteiger partial charge in [0.25, 0.3) is 17.4 Å². The summed E-state index contributed by atoms with van der Waals surface area (Å²) in [5, 5.41) is 11.0. The van der Waals surface area contributed by atoms with Crippen LogP contribution < -0.4 is 25.7 Å². The zero-order valence-electron chi connectivity index (χ0n) is 31.2. The SMILES string of the molecule is CC(C)Oc1cc2nn([C@H]3CC[C@H](CN4CCC(c5ccc(O[C@H]6CCC(=O)NC6=O)cc5)CC4)CC3)cc2cc1C(=O)Nc1cccn(C2CC2)c1=O. The molecule has 4 aromatic rings. The number of pyridine rings is 1. The maximum Gasteiger partial charge on any atom is 0.274 e. The van der Waals surface area contributed by atoms with Gasteiger partial charge in [0.1, 0.15) is 17.2 Å². The molecule has 284 valence electrons. The number of carbonyl (C=O) groups excluding carboxylic acids is 3. The fraction of sp³-hybridized carbons (Fsp3) is 0.500. The zero-order chi connectivity index (χ0) is 37.3. The van der Waals surface area contributed by atoms with Crippen LogP contribution in [0.15, 0.2) is 65.7 Å². The highest BCUT2D eigenvalue weighted by atomic mass is 16.5. The molecule has 4 fully saturated rings. The van der Waals surface area contributed by atoms with E-state index in [0.717, 1.165) is 81.9 Å². The summed E-state index contributed by atoms with van der Waals surface area (Å²) in [6, 6.07) is 15.8. The van der Waals surface area contributed by atoms with E-state index < -0.39 is 6.10 Å². The van der Waals surface area contributed by atoms with Crippen molar-refractivity contribution in [1.29, 1.82) is 0 Å². The normalized spacial score (nSPS) is 22.7. The van der Waals surface area contributed by atoms with Gasteiger partial charge in [0.2, 0.25) is 5.91 Å². The highest BCUT2D eigenvalue weighted by Gasteiger charge is 2.30. The molecule has 4 aliphatic rings. The molecule has 2 aromatic carbocycles. The number of anilines is 1. The predicted octanol–water partition coefficient (Wildman–Crippen LogP) is 6.37. The van der Waals surface area contributed by atoms with E-state index in [-0.39, 0.29) is 41.1 Å². The molecular weight excluding hydrogens is 684 g/mol. The lowest BCUT2D eigenvalue weighted by Gasteiger charge is -2.36. The summed E-state index contributed by atoms with van der Waals surface area (Å²) in [4.78, 5) is 52.7. The van der Waals surface area contributed by atoms with E-state index in [9.17, 15) is 19.2 Å². The first kappa shape index (κ1) is 36.0. The van der Waals surface area contributed by atoms with Crippen molar-refractivity contribution in [3.63, 3.8) is 0 Å². The first-order valence-electron chi connectivity index (χ1n) is 19.7. The van der Waals surface area contributed by atoms with Crippen LogP contribution in [0.3, 0.4) is 0 Å². The van der Waals surface area contributed by atoms with Gasteiger partial charge >= 0.3 is 0 Å². The zero-order valence-corrected chi connectivity index (χ0v) is 31.2. The van der Waals surface area contributed by atoms with Crippen LogP contribution in [0.2, 0.25) is 0 Å². The Morgan fingerprint density at radius 3 is 2.37 bits per heavy atom. The van der Waals surface area contributed by atoms with Crippen LogP contribution in [0.1, 0.15) is 112 Å². The lowest BCUT2D eigenvalue weighted by molar-refractivity contribution is -0.138. The van der Waals surface area contributed by atoms with Crippen LogP contribution >= 0.6 is 0 Å². The molecule has 2 aromatic heterocycles. The summed E-state index contributed by atoms with van der Waals surface area (Å²) in [5.41, 5.74) is 2.58. The smallest absolute Gasteiger partial charge is 0.274 e. The van der Waals surface area contributed by atoms with Gasteiger partial charge in [0, 0.05) is 49.3 Å². The Balaban J connectivity index is 0.842. The number of fused-ring (bicyclic) bond motifs is 1. The Morgan fingerprint density at radius 2 is 1.67 bits per heavy atom. The molecule has 2 aliphatic carbocycles. The molecule has 2 saturated heterocycles. The third-order valence-electron chi connectivity index (χ3n) is 11.5. The maximum absolute atomic E-state index is 13.6. The van der Waals surface area contributed by atoms with Gasteiger partial charge in [0.05, 0.1) is 23.2 Å². The van der Waals surface area contributed by atoms with E-state index in [1.54, 1.807) is 22.9 Å². The van der Waals surface area contributed by atoms with E-state index in [1.807, 2.05) is 38.1 Å². The summed E-state index contributed by atoms with van der Waals surface area (Å²) >= 11 is 0. The number of amides is 3. The van der Waals surface area contributed by atoms with Gasteiger partial charge in [0.15, 0.2) is 6.10 Å². The maximum atomic E-state index is 13.6. The third-order valence-corrected chi connectivity index (χ3v) is 11.5. The highest BCUT2D eigenvalue weighted by molar-refractivity contribution is 6.08. The van der Waals surface area contributed by atoms with Gasteiger partial charge in [-0.2, -0.15) is 5.10 Å². The Bertz CT molecular complexity index is 2070. The van der Waals surface area contributed by atoms with E-state index >= 15 is 0 Å². The standard InChI is InChI=1S/C42H50N6O6/c1-26(2)53-38-23-36-30(22-34(38)40(50)43-35-4-3-19-47(42(35)52)31-11-12-31)25-48(45-36)32-9-5-27(6-10-32)24-46-20-17-29(18-21-46)28-7-13-33(14-8-28)54-37-15-16-39(49)44-41(37)51/h3-4,7-8,13-14,19,22-23,25-27,29,31-32,37H,5-6,9-12,15-18,20-21,24H2,1-2H3,(H,43,50)(H,44,49,51)/t27-,32-,37-/m0/s1. The van der Waals surface area contributed by atoms with E-state index in [0.29, 0.717) is 47.8 Å². The van der Waals surface area contributed by atoms with Crippen LogP contribution in [-0.4, -0.2) is 68.8 Å². The minimum Gasteiger partial charge on any atom is -0.490 e. The minimum atomic E-state index is -0.618. The minimum absolute atomic E-state index is 0.138. The number of nitrogens with one attached hydrogen (secondary N) is 2. The number of benzene rings is 2. The topological polar surface area (TPSA) is 137 Å². The van der Waals surface area contributed by atoms with Crippen molar-refractivity contribution >= 4 is 34.3 Å². The molecule has 12 heteroatoms. The molecule has 12 nitrogen and oxygen atoms in total. The molecule has 8 rings (SSSR count). The lowest BCUT2D eigenvalue weighted by Crippen LogP contribution is -2.46. The fourth-order valence-electron chi connectivity index (χ4n) is 8.40. The number of ether oxygens (including phenoxy) is 2. The Kier molecular flexibility index (Phi) is 10.3. The molecule has 2 N–H and O–H groups in total. The van der Waals surface area contributed by atoms with Crippen molar-refractivity contribution in [3.8, 4) is 11.5 Å². The molecule has 0 bridgehead atoms. The largest absolute Gasteiger partial charge is 0.490 e. The summed E-state index contributed by atoms with van der Waals surface area (Å²) in [6.45, 7) is 7.16. The van der Waals surface area contributed by atoms with Crippen molar-refractivity contribution in [1.82, 2.24) is 24.6 Å². The Hall–Kier alpha value is -4.97. The number of hydrogen-bond donors (Lipinski definition) is 2. The van der Waals surface area contributed by atoms with E-state index in [4.69, 9.17) is 14.6 Å². The molecular formula is C42H50N6O6. The molecule has 0 radical (unpaired) electrons. The van der Waals surface area contributed by atoms with Gasteiger partial charge in [-0.3, -0.25) is 29.2 Å². The summed E-state index contributed by atoms with van der Waals surface area (Å²) in [7, 11) is 0. The first-order valence-corrected chi connectivity index (χ1v) is 19.7. The van der Waals surface area contributed by atoms with Crippen LogP contribution in [0, 0.1) is 5.92 Å². The molecule has 2 saturated carbocycles. The number of imide groups is 1. The molecule has 4 heterocycles. The second-order valence-electron chi connectivity index (χ2n) is 15.9. The van der Waals surface area contributed by atoms with Crippen molar-refractivity contribution < 1.29 is 23.9 Å². The Labute approximate surface area is 315 Å². The lowest BCUT2D eigenvalue weighted by atomic mass is 9.84. The summed E-state index contributed by atoms with van der Waals surface area (Å²) in [6.07, 6.45) is 12.4. The highest BCUT2D eigenvalue weighted by Crippen LogP contribution is 2.37. The van der Waals surface area contributed by atoms with Gasteiger partial charge in [-0.25, -0.2) is 0 Å². The monoisotopic (exact) mass is 734 g/mol. The number of nitrogens with zero attached hydrogens (tertiary/aromatic N) is 4. The molecule has 0 spiro atoms. The van der Waals surface area contributed by atoms with Crippen LogP contribution in [0.4, 0.5) is 5.69 Å². The molecule has 1 atom stereocenters. The molecule has 54 heavy (non-hydrogen) atoms. The number of carbonyl (C=O) groups is 3. The van der Waals surface area contributed by atoms with Gasteiger partial charge in [-0.05, 0) is 126 Å². The van der Waals surface area contributed by atoms with Crippen molar-refractivity contribution in [2.45, 2.75) is 108 Å². The second-order valence-corrected chi connectivity index (χ2v) is 15.9. The summed E-state index contributed by atoms with van der Waals surface area (Å²) < 4.78 is 15.8. The van der Waals surface area contributed by atoms with Gasteiger partial charge < -0.3 is 24.3 Å². The van der Waals surface area contributed by atoms with Gasteiger partial charge in [-0.15, -0.1) is 0 Å². The van der Waals surface area contributed by atoms with E-state index in [1.165, 1.54) is 5.56 Å². The summed E-state index contributed by atoms with van der Waals surface area (Å²) in [5.74, 6) is 1.32. The third kappa shape index (κ3) is 8.08. The average molecular weight is 735 g/mol. The number of likely N-dealkylation sites (tertiary alicyclic amines) is 1. The number of aromatic nitrogens is 3. The first-order chi connectivity index (χ1) is 26.2. The van der Waals surface area contributed by atoms with Crippen LogP contribution in [0.25, 0.3) is 10.9 Å². The molecule has 3 amide bonds. The van der Waals surface area contributed by atoms with Crippen LogP contribution in [-0.2, 0) is 9.59 Å². The number of piperidine rings is 2. The quantitative estimate of drug-likeness (QED) is 0.170. The van der Waals surface area contributed by atoms with Crippen molar-refractivity contribution in [3.05, 3.63) is 82.4 Å². The van der Waals surface area contributed by atoms with E-state index in [2.05, 4.69) is 38.5 Å². The second kappa shape index (κ2) is 15.4. The molecule has 2 aliphatic heterocycles. The predicted molar refractivity (Wildman–Crippen MR) is 205 cm³/mol. The van der Waals surface area contributed by atoms with Gasteiger partial charge in [-0.1, -0.05) is 12.1 Å². The Morgan fingerprint density at radius 1 is 0.926 bits per heavy atom. The van der Waals surface area contributed by atoms with Crippen molar-refractivity contribution in [2.75, 3.05) is 25.0 Å². The number of hydrogen-bond acceptors (Lipinski definition) is 8. The molecule has 0 unspecified atom stereocenters. The average Bonchev–Trinajstić information content (AvgIpc) is 3.92. The van der Waals surface area contributed by atoms with Crippen molar-refractivity contribution in [2.24, 2.45) is 5.92 Å². The van der Waals surface area contributed by atoms with Crippen LogP contribution in [0.5, 0.6) is 11.5 Å². The fourth-order valence-corrected chi connectivity index (χ4v) is 8.40.